The van der Waals surface area contributed by atoms with Crippen molar-refractivity contribution < 1.29 is 27.0 Å². The number of alkyl halides is 2. The SMILES string of the molecule is C[C@]1(O)CC(F)(F)C[C@H]1Oc1nc(NC2CCN(S(C)(=O)=O)CC2)ncc1C#N. The van der Waals surface area contributed by atoms with E-state index in [1.54, 1.807) is 0 Å². The van der Waals surface area contributed by atoms with Crippen LogP contribution >= 0.6 is 0 Å². The molecule has 0 spiro atoms. The van der Waals surface area contributed by atoms with Crippen LogP contribution < -0.4 is 10.1 Å². The summed E-state index contributed by atoms with van der Waals surface area (Å²) >= 11 is 0. The third-order valence-corrected chi connectivity index (χ3v) is 6.48. The molecule has 2 N–H and O–H groups in total. The van der Waals surface area contributed by atoms with Gasteiger partial charge in [0.15, 0.2) is 0 Å². The summed E-state index contributed by atoms with van der Waals surface area (Å²) in [6, 6.07) is 1.76. The molecule has 2 fully saturated rings. The zero-order valence-corrected chi connectivity index (χ0v) is 16.9. The van der Waals surface area contributed by atoms with Gasteiger partial charge in [0.05, 0.1) is 18.9 Å². The fourth-order valence-electron chi connectivity index (χ4n) is 3.62. The molecular formula is C17H23F2N5O4S. The van der Waals surface area contributed by atoms with Crippen LogP contribution in [0.25, 0.3) is 0 Å². The second-order valence-corrected chi connectivity index (χ2v) is 9.79. The van der Waals surface area contributed by atoms with Crippen LogP contribution in [0.3, 0.4) is 0 Å². The molecular weight excluding hydrogens is 408 g/mol. The van der Waals surface area contributed by atoms with Crippen molar-refractivity contribution in [2.24, 2.45) is 0 Å². The van der Waals surface area contributed by atoms with Crippen LogP contribution in [0.15, 0.2) is 6.20 Å². The second-order valence-electron chi connectivity index (χ2n) is 7.81. The third-order valence-electron chi connectivity index (χ3n) is 5.18. The number of hydrogen-bond donors (Lipinski definition) is 2. The standard InChI is InChI=1S/C17H23F2N5O4S/c1-16(25)10-17(18,19)7-13(16)28-14-11(8-20)9-21-15(23-14)22-12-3-5-24(6-4-12)29(2,26)27/h9,12-13,25H,3-7,10H2,1-2H3,(H,21,22,23)/t13-,16+/m1/s1. The minimum absolute atomic E-state index is 0.0338. The van der Waals surface area contributed by atoms with Crippen molar-refractivity contribution in [3.8, 4) is 11.9 Å². The van der Waals surface area contributed by atoms with E-state index in [4.69, 9.17) is 4.74 Å². The molecule has 1 saturated carbocycles. The van der Waals surface area contributed by atoms with E-state index >= 15 is 0 Å². The Morgan fingerprint density at radius 2 is 2.07 bits per heavy atom. The maximum absolute atomic E-state index is 13.7. The molecule has 29 heavy (non-hydrogen) atoms. The highest BCUT2D eigenvalue weighted by Gasteiger charge is 2.54. The molecule has 1 aromatic rings. The van der Waals surface area contributed by atoms with Crippen molar-refractivity contribution in [2.45, 2.75) is 56.3 Å². The molecule has 0 amide bonds. The molecule has 0 unspecified atom stereocenters. The maximum atomic E-state index is 13.7. The van der Waals surface area contributed by atoms with Gasteiger partial charge < -0.3 is 15.2 Å². The lowest BCUT2D eigenvalue weighted by Gasteiger charge is -2.30. The first-order valence-corrected chi connectivity index (χ1v) is 11.0. The lowest BCUT2D eigenvalue weighted by atomic mass is 10.0. The van der Waals surface area contributed by atoms with E-state index in [-0.39, 0.29) is 23.4 Å². The monoisotopic (exact) mass is 431 g/mol. The van der Waals surface area contributed by atoms with Gasteiger partial charge in [0, 0.05) is 25.6 Å². The molecule has 2 aliphatic rings. The molecule has 0 bridgehead atoms. The molecule has 1 aromatic heterocycles. The minimum Gasteiger partial charge on any atom is -0.470 e. The Balaban J connectivity index is 1.71. The molecule has 1 aliphatic heterocycles. The molecule has 0 aromatic carbocycles. The number of sulfonamides is 1. The van der Waals surface area contributed by atoms with E-state index in [1.807, 2.05) is 6.07 Å². The van der Waals surface area contributed by atoms with Gasteiger partial charge in [0.2, 0.25) is 21.9 Å². The van der Waals surface area contributed by atoms with Gasteiger partial charge >= 0.3 is 0 Å². The van der Waals surface area contributed by atoms with Gasteiger partial charge in [-0.15, -0.1) is 0 Å². The number of anilines is 1. The van der Waals surface area contributed by atoms with Crippen LogP contribution in [0, 0.1) is 11.3 Å². The molecule has 1 saturated heterocycles. The van der Waals surface area contributed by atoms with E-state index in [2.05, 4.69) is 15.3 Å². The number of hydrogen-bond acceptors (Lipinski definition) is 8. The average molecular weight is 431 g/mol. The highest BCUT2D eigenvalue weighted by molar-refractivity contribution is 7.88. The van der Waals surface area contributed by atoms with E-state index in [0.717, 1.165) is 6.26 Å². The van der Waals surface area contributed by atoms with Crippen molar-refractivity contribution in [3.05, 3.63) is 11.8 Å². The number of piperidine rings is 1. The molecule has 0 radical (unpaired) electrons. The molecule has 12 heteroatoms. The van der Waals surface area contributed by atoms with Crippen LogP contribution in [-0.2, 0) is 10.0 Å². The summed E-state index contributed by atoms with van der Waals surface area (Å²) in [7, 11) is -3.24. The van der Waals surface area contributed by atoms with Gasteiger partial charge in [-0.3, -0.25) is 0 Å². The number of nitriles is 1. The summed E-state index contributed by atoms with van der Waals surface area (Å²) in [4.78, 5) is 8.17. The van der Waals surface area contributed by atoms with Crippen molar-refractivity contribution in [3.63, 3.8) is 0 Å². The molecule has 160 valence electrons. The normalized spacial score (nSPS) is 28.1. The van der Waals surface area contributed by atoms with Crippen LogP contribution in [-0.4, -0.2) is 70.8 Å². The van der Waals surface area contributed by atoms with Crippen LogP contribution in [0.2, 0.25) is 0 Å². The van der Waals surface area contributed by atoms with Crippen molar-refractivity contribution in [2.75, 3.05) is 24.7 Å². The maximum Gasteiger partial charge on any atom is 0.254 e. The Morgan fingerprint density at radius 3 is 2.59 bits per heavy atom. The Labute approximate surface area is 167 Å². The van der Waals surface area contributed by atoms with Crippen molar-refractivity contribution in [1.82, 2.24) is 14.3 Å². The van der Waals surface area contributed by atoms with Crippen molar-refractivity contribution >= 4 is 16.0 Å². The molecule has 2 atom stereocenters. The van der Waals surface area contributed by atoms with E-state index in [1.165, 1.54) is 17.4 Å². The number of ether oxygens (including phenoxy) is 1. The predicted molar refractivity (Wildman–Crippen MR) is 99.0 cm³/mol. The Kier molecular flexibility index (Phi) is 5.68. The Morgan fingerprint density at radius 1 is 1.41 bits per heavy atom. The Hall–Kier alpha value is -2.10. The van der Waals surface area contributed by atoms with E-state index < -0.39 is 40.5 Å². The lowest BCUT2D eigenvalue weighted by molar-refractivity contribution is -0.0406. The van der Waals surface area contributed by atoms with Crippen LogP contribution in [0.5, 0.6) is 5.88 Å². The highest BCUT2D eigenvalue weighted by Crippen LogP contribution is 2.43. The zero-order chi connectivity index (χ0) is 21.4. The Bertz CT molecular complexity index is 911. The quantitative estimate of drug-likeness (QED) is 0.710. The average Bonchev–Trinajstić information content (AvgIpc) is 2.81. The van der Waals surface area contributed by atoms with Crippen LogP contribution in [0.4, 0.5) is 14.7 Å². The molecule has 3 rings (SSSR count). The number of nitrogens with one attached hydrogen (secondary N) is 1. The minimum atomic E-state index is -3.24. The fraction of sp³-hybridized carbons (Fsp3) is 0.706. The first-order valence-electron chi connectivity index (χ1n) is 9.15. The topological polar surface area (TPSA) is 128 Å². The first kappa shape index (κ1) is 21.6. The summed E-state index contributed by atoms with van der Waals surface area (Å²) in [5.41, 5.74) is -1.79. The summed E-state index contributed by atoms with van der Waals surface area (Å²) < 4.78 is 57.4. The smallest absolute Gasteiger partial charge is 0.254 e. The molecule has 2 heterocycles. The molecule has 1 aliphatic carbocycles. The third kappa shape index (κ3) is 5.09. The zero-order valence-electron chi connectivity index (χ0n) is 16.1. The van der Waals surface area contributed by atoms with Crippen molar-refractivity contribution in [1.29, 1.82) is 5.26 Å². The van der Waals surface area contributed by atoms with Crippen LogP contribution in [0.1, 0.15) is 38.2 Å². The van der Waals surface area contributed by atoms with Gasteiger partial charge in [0.25, 0.3) is 5.92 Å². The summed E-state index contributed by atoms with van der Waals surface area (Å²) in [6.07, 6.45) is 0.828. The number of aliphatic hydroxyl groups is 1. The second kappa shape index (κ2) is 7.62. The van der Waals surface area contributed by atoms with Gasteiger partial charge in [-0.2, -0.15) is 10.2 Å². The van der Waals surface area contributed by atoms with Gasteiger partial charge in [-0.05, 0) is 19.8 Å². The largest absolute Gasteiger partial charge is 0.470 e. The summed E-state index contributed by atoms with van der Waals surface area (Å²) in [6.45, 7) is 1.98. The number of rotatable bonds is 5. The predicted octanol–water partition coefficient (Wildman–Crippen LogP) is 1.11. The molecule has 9 nitrogen and oxygen atoms in total. The number of aromatic nitrogens is 2. The summed E-state index contributed by atoms with van der Waals surface area (Å²) in [5.74, 6) is -3.11. The van der Waals surface area contributed by atoms with E-state index in [9.17, 15) is 27.6 Å². The lowest BCUT2D eigenvalue weighted by Crippen LogP contribution is -2.42. The van der Waals surface area contributed by atoms with Gasteiger partial charge in [-0.1, -0.05) is 0 Å². The number of nitrogens with zero attached hydrogens (tertiary/aromatic N) is 4. The summed E-state index contributed by atoms with van der Waals surface area (Å²) in [5, 5.41) is 22.5. The highest BCUT2D eigenvalue weighted by atomic mass is 32.2. The van der Waals surface area contributed by atoms with Gasteiger partial charge in [-0.25, -0.2) is 26.5 Å². The van der Waals surface area contributed by atoms with Gasteiger partial charge in [0.1, 0.15) is 23.3 Å². The fourth-order valence-corrected chi connectivity index (χ4v) is 4.49. The van der Waals surface area contributed by atoms with E-state index in [0.29, 0.717) is 25.9 Å². The first-order chi connectivity index (χ1) is 13.4. The number of halogens is 2.